The fourth-order valence-corrected chi connectivity index (χ4v) is 2.12. The summed E-state index contributed by atoms with van der Waals surface area (Å²) in [5.41, 5.74) is 3.51. The molecule has 4 heteroatoms. The molecule has 0 amide bonds. The highest BCUT2D eigenvalue weighted by Crippen LogP contribution is 2.20. The lowest BCUT2D eigenvalue weighted by molar-refractivity contribution is 0.210. The fourth-order valence-electron chi connectivity index (χ4n) is 2.12. The molecule has 102 valence electrons. The molecule has 0 radical (unpaired) electrons. The molecule has 0 aliphatic heterocycles. The summed E-state index contributed by atoms with van der Waals surface area (Å²) in [6, 6.07) is 8.41. The molecule has 0 saturated carbocycles. The summed E-state index contributed by atoms with van der Waals surface area (Å²) in [6.07, 6.45) is 3.06. The highest BCUT2D eigenvalue weighted by atomic mass is 16.5. The number of ether oxygens (including phenoxy) is 1. The molecule has 0 spiro atoms. The van der Waals surface area contributed by atoms with Crippen LogP contribution in [0.15, 0.2) is 30.5 Å². The van der Waals surface area contributed by atoms with Crippen LogP contribution in [0.2, 0.25) is 0 Å². The van der Waals surface area contributed by atoms with Gasteiger partial charge in [0, 0.05) is 19.9 Å². The molecule has 1 aromatic carbocycles. The van der Waals surface area contributed by atoms with Crippen LogP contribution in [-0.4, -0.2) is 29.8 Å². The van der Waals surface area contributed by atoms with Crippen molar-refractivity contribution in [1.82, 2.24) is 9.55 Å². The van der Waals surface area contributed by atoms with Gasteiger partial charge in [-0.2, -0.15) is 0 Å². The molecular formula is C15H21N3O. The molecule has 2 rings (SSSR count). The van der Waals surface area contributed by atoms with Crippen LogP contribution in [0.4, 0.5) is 5.95 Å². The number of imidazole rings is 1. The van der Waals surface area contributed by atoms with E-state index in [1.54, 1.807) is 7.11 Å². The molecule has 1 aromatic heterocycles. The number of hydrogen-bond acceptors (Lipinski definition) is 3. The summed E-state index contributed by atoms with van der Waals surface area (Å²) in [5.74, 6) is 0.871. The molecule has 0 fully saturated rings. The zero-order chi connectivity index (χ0) is 13.7. The minimum Gasteiger partial charge on any atom is -0.383 e. The largest absolute Gasteiger partial charge is 0.383 e. The van der Waals surface area contributed by atoms with Gasteiger partial charge >= 0.3 is 0 Å². The molecular weight excluding hydrogens is 238 g/mol. The van der Waals surface area contributed by atoms with E-state index >= 15 is 0 Å². The Morgan fingerprint density at radius 2 is 2.11 bits per heavy atom. The van der Waals surface area contributed by atoms with Gasteiger partial charge in [0.05, 0.1) is 18.0 Å². The zero-order valence-corrected chi connectivity index (χ0v) is 11.8. The van der Waals surface area contributed by atoms with Crippen molar-refractivity contribution in [3.8, 4) is 5.69 Å². The van der Waals surface area contributed by atoms with Crippen LogP contribution >= 0.6 is 0 Å². The fraction of sp³-hybridized carbons (Fsp3) is 0.400. The lowest BCUT2D eigenvalue weighted by Gasteiger charge is -2.12. The Balaban J connectivity index is 2.33. The molecule has 19 heavy (non-hydrogen) atoms. The number of nitrogens with one attached hydrogen (secondary N) is 1. The first-order valence-corrected chi connectivity index (χ1v) is 6.63. The van der Waals surface area contributed by atoms with Crippen LogP contribution in [0, 0.1) is 6.92 Å². The Morgan fingerprint density at radius 3 is 2.84 bits per heavy atom. The van der Waals surface area contributed by atoms with Gasteiger partial charge in [-0.15, -0.1) is 0 Å². The third kappa shape index (κ3) is 3.15. The predicted molar refractivity (Wildman–Crippen MR) is 78.0 cm³/mol. The van der Waals surface area contributed by atoms with E-state index in [1.807, 2.05) is 6.92 Å². The first kappa shape index (κ1) is 13.6. The number of benzene rings is 1. The number of anilines is 1. The van der Waals surface area contributed by atoms with Gasteiger partial charge in [-0.05, 0) is 25.0 Å². The van der Waals surface area contributed by atoms with Crippen molar-refractivity contribution >= 4 is 5.95 Å². The number of nitrogens with zero attached hydrogens (tertiary/aromatic N) is 2. The number of aromatic nitrogens is 2. The second kappa shape index (κ2) is 6.38. The molecule has 0 aliphatic rings. The maximum atomic E-state index is 5.06. The summed E-state index contributed by atoms with van der Waals surface area (Å²) < 4.78 is 7.18. The van der Waals surface area contributed by atoms with E-state index in [0.717, 1.165) is 24.6 Å². The molecule has 4 nitrogen and oxygen atoms in total. The molecule has 1 N–H and O–H groups in total. The van der Waals surface area contributed by atoms with Crippen molar-refractivity contribution in [2.24, 2.45) is 0 Å². The van der Waals surface area contributed by atoms with Crippen molar-refractivity contribution in [3.63, 3.8) is 0 Å². The third-order valence-corrected chi connectivity index (χ3v) is 3.05. The summed E-state index contributed by atoms with van der Waals surface area (Å²) >= 11 is 0. The van der Waals surface area contributed by atoms with Gasteiger partial charge < -0.3 is 10.1 Å². The number of rotatable bonds is 6. The SMILES string of the molecule is CCc1ccccc1-n1cc(C)nc1NCCOC. The van der Waals surface area contributed by atoms with Gasteiger partial charge in [-0.25, -0.2) is 4.98 Å². The van der Waals surface area contributed by atoms with E-state index in [-0.39, 0.29) is 0 Å². The number of para-hydroxylation sites is 1. The average molecular weight is 259 g/mol. The van der Waals surface area contributed by atoms with E-state index in [4.69, 9.17) is 4.74 Å². The molecule has 2 aromatic rings. The molecule has 0 atom stereocenters. The Morgan fingerprint density at radius 1 is 1.32 bits per heavy atom. The summed E-state index contributed by atoms with van der Waals surface area (Å²) in [5, 5.41) is 3.31. The molecule has 1 heterocycles. The van der Waals surface area contributed by atoms with Gasteiger partial charge in [0.15, 0.2) is 0 Å². The number of hydrogen-bond donors (Lipinski definition) is 1. The lowest BCUT2D eigenvalue weighted by atomic mass is 10.1. The quantitative estimate of drug-likeness (QED) is 0.811. The topological polar surface area (TPSA) is 39.1 Å². The molecule has 0 bridgehead atoms. The van der Waals surface area contributed by atoms with Crippen molar-refractivity contribution in [1.29, 1.82) is 0 Å². The normalized spacial score (nSPS) is 10.7. The minimum absolute atomic E-state index is 0.668. The van der Waals surface area contributed by atoms with Gasteiger partial charge in [-0.1, -0.05) is 25.1 Å². The third-order valence-electron chi connectivity index (χ3n) is 3.05. The predicted octanol–water partition coefficient (Wildman–Crippen LogP) is 2.80. The average Bonchev–Trinajstić information content (AvgIpc) is 2.80. The second-order valence-electron chi connectivity index (χ2n) is 4.48. The Kier molecular flexibility index (Phi) is 4.58. The zero-order valence-electron chi connectivity index (χ0n) is 11.8. The summed E-state index contributed by atoms with van der Waals surface area (Å²) in [7, 11) is 1.70. The van der Waals surface area contributed by atoms with Crippen LogP contribution in [0.3, 0.4) is 0 Å². The van der Waals surface area contributed by atoms with Crippen LogP contribution in [0.25, 0.3) is 5.69 Å². The second-order valence-corrected chi connectivity index (χ2v) is 4.48. The van der Waals surface area contributed by atoms with E-state index in [1.165, 1.54) is 11.3 Å². The van der Waals surface area contributed by atoms with Crippen molar-refractivity contribution < 1.29 is 4.74 Å². The molecule has 0 aliphatic carbocycles. The van der Waals surface area contributed by atoms with Crippen molar-refractivity contribution in [3.05, 3.63) is 41.7 Å². The highest BCUT2D eigenvalue weighted by molar-refractivity contribution is 5.48. The van der Waals surface area contributed by atoms with Gasteiger partial charge in [0.2, 0.25) is 5.95 Å². The summed E-state index contributed by atoms with van der Waals surface area (Å²) in [6.45, 7) is 5.59. The highest BCUT2D eigenvalue weighted by Gasteiger charge is 2.09. The van der Waals surface area contributed by atoms with E-state index in [0.29, 0.717) is 6.61 Å². The first-order valence-electron chi connectivity index (χ1n) is 6.63. The van der Waals surface area contributed by atoms with Crippen LogP contribution < -0.4 is 5.32 Å². The van der Waals surface area contributed by atoms with Crippen molar-refractivity contribution in [2.75, 3.05) is 25.6 Å². The number of aryl methyl sites for hydroxylation is 2. The Hall–Kier alpha value is -1.81. The Bertz CT molecular complexity index is 534. The Labute approximate surface area is 114 Å². The van der Waals surface area contributed by atoms with Gasteiger partial charge in [0.25, 0.3) is 0 Å². The molecule has 0 saturated heterocycles. The lowest BCUT2D eigenvalue weighted by Crippen LogP contribution is -2.12. The van der Waals surface area contributed by atoms with Crippen molar-refractivity contribution in [2.45, 2.75) is 20.3 Å². The molecule has 0 unspecified atom stereocenters. The van der Waals surface area contributed by atoms with Gasteiger partial charge in [-0.3, -0.25) is 4.57 Å². The standard InChI is InChI=1S/C15H21N3O/c1-4-13-7-5-6-8-14(13)18-11-12(2)17-15(18)16-9-10-19-3/h5-8,11H,4,9-10H2,1-3H3,(H,16,17). The van der Waals surface area contributed by atoms with Crippen LogP contribution in [-0.2, 0) is 11.2 Å². The smallest absolute Gasteiger partial charge is 0.207 e. The van der Waals surface area contributed by atoms with E-state index in [9.17, 15) is 0 Å². The first-order chi connectivity index (χ1) is 9.26. The van der Waals surface area contributed by atoms with E-state index < -0.39 is 0 Å². The minimum atomic E-state index is 0.668. The monoisotopic (exact) mass is 259 g/mol. The van der Waals surface area contributed by atoms with Crippen LogP contribution in [0.5, 0.6) is 0 Å². The summed E-state index contributed by atoms with van der Waals surface area (Å²) in [4.78, 5) is 4.53. The van der Waals surface area contributed by atoms with Gasteiger partial charge in [0.1, 0.15) is 0 Å². The number of methoxy groups -OCH3 is 1. The maximum absolute atomic E-state index is 5.06. The maximum Gasteiger partial charge on any atom is 0.207 e. The van der Waals surface area contributed by atoms with Crippen LogP contribution in [0.1, 0.15) is 18.2 Å². The van der Waals surface area contributed by atoms with E-state index in [2.05, 4.69) is 52.3 Å².